The van der Waals surface area contributed by atoms with E-state index in [0.717, 1.165) is 11.4 Å². The SMILES string of the molecule is O=C(CSc1nnc(-c2nnc(SCC(=O)c3ccc(F)cc3)n2-c2ccccc2)n1-c1ccccc1)c1ccc(F)cc1. The number of hydrogen-bond acceptors (Lipinski definition) is 8. The number of thioether (sulfide) groups is 2. The summed E-state index contributed by atoms with van der Waals surface area (Å²) in [6.07, 6.45) is 0. The Labute approximate surface area is 259 Å². The maximum atomic E-state index is 13.4. The van der Waals surface area contributed by atoms with E-state index in [1.165, 1.54) is 72.1 Å². The van der Waals surface area contributed by atoms with Gasteiger partial charge in [-0.2, -0.15) is 0 Å². The molecule has 6 aromatic rings. The quantitative estimate of drug-likeness (QED) is 0.116. The van der Waals surface area contributed by atoms with Crippen molar-refractivity contribution in [1.29, 1.82) is 0 Å². The van der Waals surface area contributed by atoms with E-state index in [0.29, 0.717) is 33.1 Å². The molecule has 0 unspecified atom stereocenters. The lowest BCUT2D eigenvalue weighted by molar-refractivity contribution is 0.101. The number of para-hydroxylation sites is 2. The predicted molar refractivity (Wildman–Crippen MR) is 165 cm³/mol. The lowest BCUT2D eigenvalue weighted by atomic mass is 10.1. The minimum atomic E-state index is -0.414. The van der Waals surface area contributed by atoms with Crippen molar-refractivity contribution in [2.75, 3.05) is 11.5 Å². The van der Waals surface area contributed by atoms with E-state index >= 15 is 0 Å². The summed E-state index contributed by atoms with van der Waals surface area (Å²) >= 11 is 2.40. The largest absolute Gasteiger partial charge is 0.293 e. The standard InChI is InChI=1S/C32H22F2N6O2S2/c33-23-15-11-21(12-16-23)27(41)19-43-31-37-35-29(39(31)25-7-3-1-4-8-25)30-36-38-32(40(30)26-9-5-2-6-10-26)44-20-28(42)22-13-17-24(34)18-14-22/h1-18H,19-20H2. The van der Waals surface area contributed by atoms with Gasteiger partial charge >= 0.3 is 0 Å². The van der Waals surface area contributed by atoms with Gasteiger partial charge in [0.1, 0.15) is 11.6 Å². The topological polar surface area (TPSA) is 95.6 Å². The van der Waals surface area contributed by atoms with Crippen LogP contribution in [0, 0.1) is 11.6 Å². The van der Waals surface area contributed by atoms with Crippen molar-refractivity contribution in [3.05, 3.63) is 132 Å². The Morgan fingerprint density at radius 3 is 1.25 bits per heavy atom. The maximum Gasteiger partial charge on any atom is 0.207 e. The zero-order valence-electron chi connectivity index (χ0n) is 22.9. The monoisotopic (exact) mass is 624 g/mol. The Bertz CT molecular complexity index is 1770. The summed E-state index contributed by atoms with van der Waals surface area (Å²) in [6.45, 7) is 0. The molecule has 0 spiro atoms. The van der Waals surface area contributed by atoms with Gasteiger partial charge in [-0.05, 0) is 72.8 Å². The third-order valence-electron chi connectivity index (χ3n) is 6.49. The highest BCUT2D eigenvalue weighted by Gasteiger charge is 2.25. The molecule has 0 N–H and O–H groups in total. The van der Waals surface area contributed by atoms with Crippen LogP contribution in [-0.4, -0.2) is 52.6 Å². The third-order valence-corrected chi connectivity index (χ3v) is 8.35. The van der Waals surface area contributed by atoms with Crippen molar-refractivity contribution in [3.8, 4) is 23.0 Å². The smallest absolute Gasteiger partial charge is 0.207 e. The molecule has 0 aliphatic carbocycles. The first-order chi connectivity index (χ1) is 21.5. The number of aromatic nitrogens is 6. The molecule has 4 aromatic carbocycles. The number of rotatable bonds is 11. The zero-order valence-corrected chi connectivity index (χ0v) is 24.5. The second-order valence-electron chi connectivity index (χ2n) is 9.39. The molecule has 8 nitrogen and oxygen atoms in total. The molecule has 0 amide bonds. The van der Waals surface area contributed by atoms with Gasteiger partial charge in [0, 0.05) is 22.5 Å². The highest BCUT2D eigenvalue weighted by molar-refractivity contribution is 8.00. The van der Waals surface area contributed by atoms with Crippen molar-refractivity contribution in [1.82, 2.24) is 29.5 Å². The van der Waals surface area contributed by atoms with E-state index in [4.69, 9.17) is 0 Å². The van der Waals surface area contributed by atoms with E-state index in [1.807, 2.05) is 60.7 Å². The van der Waals surface area contributed by atoms with Gasteiger partial charge in [-0.15, -0.1) is 20.4 Å². The fourth-order valence-electron chi connectivity index (χ4n) is 4.33. The number of hydrogen-bond donors (Lipinski definition) is 0. The van der Waals surface area contributed by atoms with Gasteiger partial charge < -0.3 is 0 Å². The fourth-order valence-corrected chi connectivity index (χ4v) is 6.03. The lowest BCUT2D eigenvalue weighted by Gasteiger charge is -2.12. The average molecular weight is 625 g/mol. The van der Waals surface area contributed by atoms with Gasteiger partial charge in [0.25, 0.3) is 0 Å². The Morgan fingerprint density at radius 1 is 0.523 bits per heavy atom. The third kappa shape index (κ3) is 6.36. The summed E-state index contributed by atoms with van der Waals surface area (Å²) in [5.74, 6) is -0.345. The number of carbonyl (C=O) groups excluding carboxylic acids is 2. The van der Waals surface area contributed by atoms with E-state index in [9.17, 15) is 18.4 Å². The van der Waals surface area contributed by atoms with Gasteiger partial charge in [0.15, 0.2) is 21.9 Å². The molecule has 0 saturated heterocycles. The number of benzene rings is 4. The second kappa shape index (κ2) is 13.1. The first-order valence-electron chi connectivity index (χ1n) is 13.3. The van der Waals surface area contributed by atoms with Crippen LogP contribution in [0.1, 0.15) is 20.7 Å². The number of nitrogens with zero attached hydrogens (tertiary/aromatic N) is 6. The van der Waals surface area contributed by atoms with Crippen LogP contribution < -0.4 is 0 Å². The number of carbonyl (C=O) groups is 2. The molecule has 6 rings (SSSR count). The van der Waals surface area contributed by atoms with Crippen molar-refractivity contribution in [2.24, 2.45) is 0 Å². The van der Waals surface area contributed by atoms with Crippen molar-refractivity contribution in [3.63, 3.8) is 0 Å². The van der Waals surface area contributed by atoms with Crippen LogP contribution in [0.3, 0.4) is 0 Å². The molecule has 0 saturated carbocycles. The molecule has 0 radical (unpaired) electrons. The van der Waals surface area contributed by atoms with E-state index < -0.39 is 11.6 Å². The molecular weight excluding hydrogens is 603 g/mol. The van der Waals surface area contributed by atoms with E-state index in [1.54, 1.807) is 9.13 Å². The van der Waals surface area contributed by atoms with E-state index in [-0.39, 0.29) is 23.1 Å². The molecular formula is C32H22F2N6O2S2. The van der Waals surface area contributed by atoms with Crippen LogP contribution in [0.25, 0.3) is 23.0 Å². The fraction of sp³-hybridized carbons (Fsp3) is 0.0625. The van der Waals surface area contributed by atoms with Crippen LogP contribution in [0.5, 0.6) is 0 Å². The predicted octanol–water partition coefficient (Wildman–Crippen LogP) is 6.74. The summed E-state index contributed by atoms with van der Waals surface area (Å²) in [5, 5.41) is 18.7. The molecule has 0 fully saturated rings. The van der Waals surface area contributed by atoms with Crippen molar-refractivity contribution >= 4 is 35.1 Å². The molecule has 12 heteroatoms. The van der Waals surface area contributed by atoms with Gasteiger partial charge in [0.05, 0.1) is 11.5 Å². The molecule has 0 atom stereocenters. The normalized spacial score (nSPS) is 11.0. The average Bonchev–Trinajstić information content (AvgIpc) is 3.68. The molecule has 0 bridgehead atoms. The minimum absolute atomic E-state index is 0.0502. The molecule has 0 aliphatic heterocycles. The molecule has 2 heterocycles. The van der Waals surface area contributed by atoms with Crippen LogP contribution in [0.4, 0.5) is 8.78 Å². The minimum Gasteiger partial charge on any atom is -0.293 e. The molecule has 44 heavy (non-hydrogen) atoms. The Kier molecular flexibility index (Phi) is 8.71. The Hall–Kier alpha value is -4.94. The summed E-state index contributed by atoms with van der Waals surface area (Å²) in [5.41, 5.74) is 2.27. The Balaban J connectivity index is 1.36. The first kappa shape index (κ1) is 29.1. The van der Waals surface area contributed by atoms with Crippen molar-refractivity contribution < 1.29 is 18.4 Å². The van der Waals surface area contributed by atoms with Gasteiger partial charge in [-0.25, -0.2) is 8.78 Å². The van der Waals surface area contributed by atoms with E-state index in [2.05, 4.69) is 20.4 Å². The number of ketones is 2. The Morgan fingerprint density at radius 2 is 0.886 bits per heavy atom. The van der Waals surface area contributed by atoms with Crippen LogP contribution in [0.15, 0.2) is 120 Å². The number of halogens is 2. The van der Waals surface area contributed by atoms with Crippen molar-refractivity contribution in [2.45, 2.75) is 10.3 Å². The molecule has 0 aliphatic rings. The summed E-state index contributed by atoms with van der Waals surface area (Å²) in [7, 11) is 0. The van der Waals surface area contributed by atoms with Gasteiger partial charge in [0.2, 0.25) is 11.6 Å². The lowest BCUT2D eigenvalue weighted by Crippen LogP contribution is -2.08. The van der Waals surface area contributed by atoms with Gasteiger partial charge in [-0.3, -0.25) is 18.7 Å². The summed E-state index contributed by atoms with van der Waals surface area (Å²) < 4.78 is 30.3. The van der Waals surface area contributed by atoms with Crippen LogP contribution >= 0.6 is 23.5 Å². The molecule has 2 aromatic heterocycles. The number of Topliss-reactive ketones (excluding diaryl/α,β-unsaturated/α-hetero) is 2. The summed E-state index contributed by atoms with van der Waals surface area (Å²) in [4.78, 5) is 25.7. The zero-order chi connectivity index (χ0) is 30.5. The second-order valence-corrected chi connectivity index (χ2v) is 11.3. The van der Waals surface area contributed by atoms with Crippen LogP contribution in [-0.2, 0) is 0 Å². The molecule has 218 valence electrons. The summed E-state index contributed by atoms with van der Waals surface area (Å²) in [6, 6.07) is 29.6. The first-order valence-corrected chi connectivity index (χ1v) is 15.3. The van der Waals surface area contributed by atoms with Crippen LogP contribution in [0.2, 0.25) is 0 Å². The highest BCUT2D eigenvalue weighted by Crippen LogP contribution is 2.32. The highest BCUT2D eigenvalue weighted by atomic mass is 32.2. The maximum absolute atomic E-state index is 13.4. The van der Waals surface area contributed by atoms with Gasteiger partial charge in [-0.1, -0.05) is 59.9 Å².